The molecule has 4 rings (SSSR count). The van der Waals surface area contributed by atoms with Gasteiger partial charge in [-0.05, 0) is 60.0 Å². The number of alkyl halides is 3. The fourth-order valence-corrected chi connectivity index (χ4v) is 8.36. The Hall–Kier alpha value is -2.94. The van der Waals surface area contributed by atoms with Crippen LogP contribution in [-0.4, -0.2) is 8.42 Å². The van der Waals surface area contributed by atoms with E-state index in [2.05, 4.69) is 4.72 Å². The average Bonchev–Trinajstić information content (AvgIpc) is 2.92. The largest absolute Gasteiger partial charge is 0.416 e. The summed E-state index contributed by atoms with van der Waals surface area (Å²) in [5.74, 6) is -1.37. The molecule has 0 aliphatic heterocycles. The molecule has 0 saturated carbocycles. The van der Waals surface area contributed by atoms with E-state index < -0.39 is 34.9 Å². The second-order valence-electron chi connectivity index (χ2n) is 9.23. The lowest BCUT2D eigenvalue weighted by Gasteiger charge is -2.29. The maximum atomic E-state index is 14.8. The first-order valence-electron chi connectivity index (χ1n) is 12.1. The lowest BCUT2D eigenvalue weighted by molar-refractivity contribution is -0.137. The average molecular weight is 608 g/mol. The van der Waals surface area contributed by atoms with Crippen molar-refractivity contribution in [3.8, 4) is 0 Å². The molecule has 4 aromatic carbocycles. The van der Waals surface area contributed by atoms with Crippen molar-refractivity contribution in [2.24, 2.45) is 0 Å². The number of hydrogen-bond donors (Lipinski definition) is 1. The highest BCUT2D eigenvalue weighted by Crippen LogP contribution is 2.62. The van der Waals surface area contributed by atoms with Gasteiger partial charge in [-0.15, -0.1) is 0 Å². The molecule has 0 spiro atoms. The van der Waals surface area contributed by atoms with Crippen molar-refractivity contribution >= 4 is 29.0 Å². The molecule has 0 bridgehead atoms. The van der Waals surface area contributed by atoms with Crippen LogP contribution in [0.5, 0.6) is 0 Å². The molecule has 5 nitrogen and oxygen atoms in total. The molecule has 4 aromatic rings. The van der Waals surface area contributed by atoms with Crippen molar-refractivity contribution in [3.63, 3.8) is 0 Å². The van der Waals surface area contributed by atoms with Crippen molar-refractivity contribution in [3.05, 3.63) is 136 Å². The maximum absolute atomic E-state index is 14.8. The first kappa shape index (κ1) is 30.0. The zero-order valence-electron chi connectivity index (χ0n) is 21.3. The van der Waals surface area contributed by atoms with Crippen LogP contribution in [0.1, 0.15) is 33.6 Å². The summed E-state index contributed by atoms with van der Waals surface area (Å²) in [5.41, 5.74) is 1.30. The van der Waals surface area contributed by atoms with Crippen molar-refractivity contribution in [1.82, 2.24) is 4.72 Å². The van der Waals surface area contributed by atoms with Gasteiger partial charge in [0.1, 0.15) is 5.78 Å². The summed E-state index contributed by atoms with van der Waals surface area (Å²) in [7, 11) is -8.25. The summed E-state index contributed by atoms with van der Waals surface area (Å²) in [5, 5.41) is 0.381. The second kappa shape index (κ2) is 12.3. The Morgan fingerprint density at radius 1 is 0.850 bits per heavy atom. The summed E-state index contributed by atoms with van der Waals surface area (Å²) >= 11 is 6.07. The predicted octanol–water partition coefficient (Wildman–Crippen LogP) is 8.34. The van der Waals surface area contributed by atoms with Gasteiger partial charge in [0.15, 0.2) is 0 Å². The molecule has 0 aliphatic carbocycles. The van der Waals surface area contributed by atoms with E-state index in [-0.39, 0.29) is 23.2 Å². The summed E-state index contributed by atoms with van der Waals surface area (Å²) in [6.45, 7) is 1.70. The van der Waals surface area contributed by atoms with Gasteiger partial charge in [-0.2, -0.15) is 17.9 Å². The van der Waals surface area contributed by atoms with E-state index >= 15 is 0 Å². The number of aryl methyl sites for hydroxylation is 1. The van der Waals surface area contributed by atoms with Crippen LogP contribution in [0.3, 0.4) is 0 Å². The normalized spacial score (nSPS) is 14.4. The van der Waals surface area contributed by atoms with Crippen molar-refractivity contribution in [2.45, 2.75) is 36.5 Å². The molecule has 0 amide bonds. The lowest BCUT2D eigenvalue weighted by atomic mass is 10.1. The van der Waals surface area contributed by atoms with Gasteiger partial charge in [0, 0.05) is 5.02 Å². The summed E-state index contributed by atoms with van der Waals surface area (Å²) in [6.07, 6.45) is -4.87. The Balaban J connectivity index is 1.78. The SMILES string of the molecule is Cc1ccc(S(=O)(=O)N[C@@H](c2ccc(Cl)cc2)[P@](=O)(Cc2ccc(C(F)(F)F)cc2)OCc2ccccc2)cc1. The molecule has 210 valence electrons. The van der Waals surface area contributed by atoms with Gasteiger partial charge in [-0.1, -0.05) is 83.9 Å². The lowest BCUT2D eigenvalue weighted by Crippen LogP contribution is -2.30. The number of hydrogen-bond acceptors (Lipinski definition) is 4. The number of halogens is 4. The first-order valence-corrected chi connectivity index (χ1v) is 15.9. The van der Waals surface area contributed by atoms with Gasteiger partial charge in [-0.25, -0.2) is 8.42 Å². The second-order valence-corrected chi connectivity index (χ2v) is 13.9. The van der Waals surface area contributed by atoms with E-state index in [4.69, 9.17) is 16.1 Å². The molecule has 0 aromatic heterocycles. The smallest absolute Gasteiger partial charge is 0.322 e. The summed E-state index contributed by atoms with van der Waals surface area (Å²) in [4.78, 5) is -0.0406. The standard InChI is InChI=1S/C29H26ClF3NO4PS/c1-21-7-17-27(18-8-21)40(36,37)34-28(24-11-15-26(30)16-12-24)39(35,38-19-22-5-3-2-4-6-22)20-23-9-13-25(14-10-23)29(31,32)33/h2-18,28,34H,19-20H2,1H3/t28-,39+/m1/s1. The first-order chi connectivity index (χ1) is 18.9. The van der Waals surface area contributed by atoms with Gasteiger partial charge in [0.05, 0.1) is 23.2 Å². The van der Waals surface area contributed by atoms with Crippen LogP contribution in [0, 0.1) is 6.92 Å². The predicted molar refractivity (Wildman–Crippen MR) is 150 cm³/mol. The molecular formula is C29H26ClF3NO4PS. The fourth-order valence-electron chi connectivity index (χ4n) is 3.98. The highest BCUT2D eigenvalue weighted by molar-refractivity contribution is 7.89. The van der Waals surface area contributed by atoms with Crippen LogP contribution in [0.2, 0.25) is 5.02 Å². The summed E-state index contributed by atoms with van der Waals surface area (Å²) < 4.78 is 89.8. The molecule has 0 unspecified atom stereocenters. The van der Waals surface area contributed by atoms with E-state index in [9.17, 15) is 26.2 Å². The highest BCUT2D eigenvalue weighted by atomic mass is 35.5. The maximum Gasteiger partial charge on any atom is 0.416 e. The van der Waals surface area contributed by atoms with Crippen molar-refractivity contribution in [1.29, 1.82) is 0 Å². The van der Waals surface area contributed by atoms with Gasteiger partial charge in [-0.3, -0.25) is 4.57 Å². The molecule has 0 aliphatic rings. The molecule has 2 atom stereocenters. The Morgan fingerprint density at radius 3 is 2.02 bits per heavy atom. The van der Waals surface area contributed by atoms with Crippen LogP contribution in [0.4, 0.5) is 13.2 Å². The third kappa shape index (κ3) is 7.62. The van der Waals surface area contributed by atoms with Gasteiger partial charge in [0.25, 0.3) is 0 Å². The van der Waals surface area contributed by atoms with Crippen LogP contribution in [-0.2, 0) is 38.1 Å². The number of rotatable bonds is 10. The van der Waals surface area contributed by atoms with Crippen molar-refractivity contribution in [2.75, 3.05) is 0 Å². The third-order valence-electron chi connectivity index (χ3n) is 6.15. The molecule has 40 heavy (non-hydrogen) atoms. The number of sulfonamides is 1. The van der Waals surface area contributed by atoms with Crippen molar-refractivity contribution < 1.29 is 30.7 Å². The van der Waals surface area contributed by atoms with Gasteiger partial charge >= 0.3 is 6.18 Å². The molecule has 0 saturated heterocycles. The molecular weight excluding hydrogens is 582 g/mol. The van der Waals surface area contributed by atoms with E-state index in [0.29, 0.717) is 16.1 Å². The van der Waals surface area contributed by atoms with E-state index in [0.717, 1.165) is 17.7 Å². The molecule has 0 fully saturated rings. The quantitative estimate of drug-likeness (QED) is 0.184. The van der Waals surface area contributed by atoms with Crippen LogP contribution < -0.4 is 4.72 Å². The van der Waals surface area contributed by atoms with Crippen LogP contribution >= 0.6 is 19.0 Å². The zero-order chi connectivity index (χ0) is 29.0. The monoisotopic (exact) mass is 607 g/mol. The molecule has 0 heterocycles. The number of nitrogens with one attached hydrogen (secondary N) is 1. The zero-order valence-corrected chi connectivity index (χ0v) is 23.8. The van der Waals surface area contributed by atoms with Gasteiger partial charge < -0.3 is 4.52 Å². The molecule has 1 N–H and O–H groups in total. The number of benzene rings is 4. The minimum absolute atomic E-state index is 0.0406. The molecule has 0 radical (unpaired) electrons. The highest BCUT2D eigenvalue weighted by Gasteiger charge is 2.39. The van der Waals surface area contributed by atoms with E-state index in [1.54, 1.807) is 42.5 Å². The Bertz CT molecular complexity index is 1580. The minimum atomic E-state index is -4.54. The topological polar surface area (TPSA) is 72.5 Å². The van der Waals surface area contributed by atoms with Crippen LogP contribution in [0.15, 0.2) is 108 Å². The molecule has 11 heteroatoms. The fraction of sp³-hybridized carbons (Fsp3) is 0.172. The van der Waals surface area contributed by atoms with E-state index in [1.807, 2.05) is 6.92 Å². The minimum Gasteiger partial charge on any atom is -0.322 e. The van der Waals surface area contributed by atoms with Gasteiger partial charge in [0.2, 0.25) is 17.4 Å². The Kier molecular flexibility index (Phi) is 9.22. The Labute approximate surface area is 236 Å². The van der Waals surface area contributed by atoms with Crippen LogP contribution in [0.25, 0.3) is 0 Å². The summed E-state index contributed by atoms with van der Waals surface area (Å²) in [6, 6.07) is 25.4. The Morgan fingerprint density at radius 2 is 1.45 bits per heavy atom. The van der Waals surface area contributed by atoms with E-state index in [1.165, 1.54) is 48.5 Å². The third-order valence-corrected chi connectivity index (χ3v) is 10.6.